The van der Waals surface area contributed by atoms with Gasteiger partial charge in [-0.2, -0.15) is 0 Å². The van der Waals surface area contributed by atoms with E-state index in [4.69, 9.17) is 11.6 Å². The number of fused-ring (bicyclic) bond motifs is 1. The van der Waals surface area contributed by atoms with Crippen LogP contribution in [0.4, 0.5) is 4.39 Å². The highest BCUT2D eigenvalue weighted by Gasteiger charge is 2.23. The van der Waals surface area contributed by atoms with Gasteiger partial charge in [-0.15, -0.1) is 0 Å². The fourth-order valence-electron chi connectivity index (χ4n) is 4.20. The van der Waals surface area contributed by atoms with Crippen molar-refractivity contribution in [1.82, 2.24) is 15.2 Å². The van der Waals surface area contributed by atoms with Crippen molar-refractivity contribution in [3.63, 3.8) is 0 Å². The Balaban J connectivity index is 1.16. The molecular weight excluding hydrogens is 401 g/mol. The van der Waals surface area contributed by atoms with Crippen molar-refractivity contribution in [2.75, 3.05) is 26.2 Å². The minimum atomic E-state index is -0.498. The Morgan fingerprint density at radius 1 is 1.20 bits per heavy atom. The first-order chi connectivity index (χ1) is 14.6. The molecule has 158 valence electrons. The Morgan fingerprint density at radius 2 is 2.00 bits per heavy atom. The first-order valence-electron chi connectivity index (χ1n) is 10.6. The van der Waals surface area contributed by atoms with Gasteiger partial charge in [0.2, 0.25) is 0 Å². The Hall–Kier alpha value is -2.37. The number of benzene rings is 2. The van der Waals surface area contributed by atoms with Crippen LogP contribution < -0.4 is 5.32 Å². The Labute approximate surface area is 181 Å². The number of nitrogens with zero attached hydrogens (tertiary/aromatic N) is 1. The van der Waals surface area contributed by atoms with E-state index in [1.54, 1.807) is 0 Å². The second kappa shape index (κ2) is 9.63. The molecule has 4 nitrogen and oxygen atoms in total. The zero-order valence-electron chi connectivity index (χ0n) is 17.0. The van der Waals surface area contributed by atoms with Crippen molar-refractivity contribution in [3.05, 3.63) is 70.6 Å². The lowest BCUT2D eigenvalue weighted by Crippen LogP contribution is -2.40. The summed E-state index contributed by atoms with van der Waals surface area (Å²) < 4.78 is 13.3. The smallest absolute Gasteiger partial charge is 0.253 e. The molecule has 0 atom stereocenters. The average Bonchev–Trinajstić information content (AvgIpc) is 3.18. The molecule has 1 saturated heterocycles. The molecule has 1 amide bonds. The van der Waals surface area contributed by atoms with E-state index in [1.807, 2.05) is 4.90 Å². The van der Waals surface area contributed by atoms with Crippen molar-refractivity contribution < 1.29 is 9.18 Å². The van der Waals surface area contributed by atoms with Gasteiger partial charge in [0.25, 0.3) is 5.91 Å². The number of hydrogen-bond acceptors (Lipinski definition) is 2. The molecular formula is C24H27ClFN3O. The second-order valence-corrected chi connectivity index (χ2v) is 8.44. The second-order valence-electron chi connectivity index (χ2n) is 8.03. The maximum absolute atomic E-state index is 13.3. The number of H-pyrrole nitrogens is 1. The van der Waals surface area contributed by atoms with Gasteiger partial charge in [0, 0.05) is 35.8 Å². The monoisotopic (exact) mass is 427 g/mol. The largest absolute Gasteiger partial charge is 0.361 e. The molecule has 1 fully saturated rings. The van der Waals surface area contributed by atoms with Gasteiger partial charge >= 0.3 is 0 Å². The lowest BCUT2D eigenvalue weighted by molar-refractivity contribution is 0.0690. The predicted octanol–water partition coefficient (Wildman–Crippen LogP) is 5.04. The number of carbonyl (C=O) groups is 1. The summed E-state index contributed by atoms with van der Waals surface area (Å²) in [7, 11) is 0. The number of amides is 1. The van der Waals surface area contributed by atoms with Gasteiger partial charge < -0.3 is 15.2 Å². The first kappa shape index (κ1) is 20.9. The quantitative estimate of drug-likeness (QED) is 0.519. The SMILES string of the molecule is O=C(c1ccc(F)c(Cl)c1)N1CCC(CNCCCc2c[nH]c3ccccc23)CC1. The number of aromatic amines is 1. The Bertz CT molecular complexity index is 1010. The van der Waals surface area contributed by atoms with E-state index in [9.17, 15) is 9.18 Å². The molecule has 2 N–H and O–H groups in total. The highest BCUT2D eigenvalue weighted by Crippen LogP contribution is 2.22. The van der Waals surface area contributed by atoms with Crippen LogP contribution in [0.15, 0.2) is 48.7 Å². The van der Waals surface area contributed by atoms with Crippen LogP contribution in [-0.4, -0.2) is 42.0 Å². The third-order valence-electron chi connectivity index (χ3n) is 5.98. The summed E-state index contributed by atoms with van der Waals surface area (Å²) in [6, 6.07) is 12.6. The highest BCUT2D eigenvalue weighted by molar-refractivity contribution is 6.31. The molecule has 0 aliphatic carbocycles. The van der Waals surface area contributed by atoms with Crippen LogP contribution in [0.25, 0.3) is 10.9 Å². The van der Waals surface area contributed by atoms with E-state index >= 15 is 0 Å². The molecule has 1 aliphatic heterocycles. The number of nitrogens with one attached hydrogen (secondary N) is 2. The zero-order valence-corrected chi connectivity index (χ0v) is 17.7. The predicted molar refractivity (Wildman–Crippen MR) is 120 cm³/mol. The number of rotatable bonds is 7. The number of piperidine rings is 1. The lowest BCUT2D eigenvalue weighted by atomic mass is 9.96. The number of aryl methyl sites for hydroxylation is 1. The number of hydrogen-bond donors (Lipinski definition) is 2. The molecule has 4 rings (SSSR count). The van der Waals surface area contributed by atoms with Crippen molar-refractivity contribution in [3.8, 4) is 0 Å². The maximum Gasteiger partial charge on any atom is 0.253 e. The number of para-hydroxylation sites is 1. The third kappa shape index (κ3) is 4.85. The van der Waals surface area contributed by atoms with Gasteiger partial charge in [0.05, 0.1) is 5.02 Å². The summed E-state index contributed by atoms with van der Waals surface area (Å²) in [4.78, 5) is 17.8. The van der Waals surface area contributed by atoms with Gasteiger partial charge in [-0.3, -0.25) is 4.79 Å². The average molecular weight is 428 g/mol. The molecule has 3 aromatic rings. The van der Waals surface area contributed by atoms with Crippen molar-refractivity contribution in [2.24, 2.45) is 5.92 Å². The number of halogens is 2. The van der Waals surface area contributed by atoms with Crippen LogP contribution in [-0.2, 0) is 6.42 Å². The van der Waals surface area contributed by atoms with E-state index in [-0.39, 0.29) is 10.9 Å². The summed E-state index contributed by atoms with van der Waals surface area (Å²) in [6.45, 7) is 3.44. The van der Waals surface area contributed by atoms with E-state index in [0.717, 1.165) is 51.9 Å². The molecule has 0 spiro atoms. The third-order valence-corrected chi connectivity index (χ3v) is 6.27. The molecule has 0 bridgehead atoms. The van der Waals surface area contributed by atoms with Crippen molar-refractivity contribution in [1.29, 1.82) is 0 Å². The van der Waals surface area contributed by atoms with Gasteiger partial charge in [-0.1, -0.05) is 29.8 Å². The fraction of sp³-hybridized carbons (Fsp3) is 0.375. The molecule has 6 heteroatoms. The highest BCUT2D eigenvalue weighted by atomic mass is 35.5. The fourth-order valence-corrected chi connectivity index (χ4v) is 4.38. The zero-order chi connectivity index (χ0) is 20.9. The first-order valence-corrected chi connectivity index (χ1v) is 11.0. The summed E-state index contributed by atoms with van der Waals surface area (Å²) >= 11 is 5.81. The minimum absolute atomic E-state index is 0.00688. The summed E-state index contributed by atoms with van der Waals surface area (Å²) in [5.41, 5.74) is 3.03. The molecule has 30 heavy (non-hydrogen) atoms. The van der Waals surface area contributed by atoms with Crippen LogP contribution in [0, 0.1) is 11.7 Å². The Morgan fingerprint density at radius 3 is 2.80 bits per heavy atom. The minimum Gasteiger partial charge on any atom is -0.361 e. The summed E-state index contributed by atoms with van der Waals surface area (Å²) in [6.07, 6.45) is 6.24. The van der Waals surface area contributed by atoms with Crippen LogP contribution in [0.5, 0.6) is 0 Å². The van der Waals surface area contributed by atoms with Crippen LogP contribution >= 0.6 is 11.6 Å². The molecule has 1 aromatic heterocycles. The molecule has 2 aromatic carbocycles. The van der Waals surface area contributed by atoms with Gasteiger partial charge in [-0.05, 0) is 74.5 Å². The van der Waals surface area contributed by atoms with Gasteiger partial charge in [0.1, 0.15) is 5.82 Å². The topological polar surface area (TPSA) is 48.1 Å². The van der Waals surface area contributed by atoms with E-state index < -0.39 is 5.82 Å². The molecule has 0 radical (unpaired) electrons. The van der Waals surface area contributed by atoms with Crippen molar-refractivity contribution >= 4 is 28.4 Å². The summed E-state index contributed by atoms with van der Waals surface area (Å²) in [5, 5.41) is 4.89. The number of carbonyl (C=O) groups excluding carboxylic acids is 1. The standard InChI is InChI=1S/C24H27ClFN3O/c25-21-14-18(7-8-22(21)26)24(30)29-12-9-17(10-13-29)15-27-11-3-4-19-16-28-23-6-2-1-5-20(19)23/h1-2,5-8,14,16-17,27-28H,3-4,9-13,15H2. The van der Waals surface area contributed by atoms with E-state index in [2.05, 4.69) is 40.8 Å². The number of aromatic nitrogens is 1. The molecule has 1 aliphatic rings. The van der Waals surface area contributed by atoms with E-state index in [0.29, 0.717) is 11.5 Å². The van der Waals surface area contributed by atoms with Gasteiger partial charge in [-0.25, -0.2) is 4.39 Å². The van der Waals surface area contributed by atoms with Crippen LogP contribution in [0.3, 0.4) is 0 Å². The normalized spacial score (nSPS) is 15.1. The number of likely N-dealkylation sites (tertiary alicyclic amines) is 1. The van der Waals surface area contributed by atoms with E-state index in [1.165, 1.54) is 34.7 Å². The van der Waals surface area contributed by atoms with Crippen molar-refractivity contribution in [2.45, 2.75) is 25.7 Å². The van der Waals surface area contributed by atoms with Crippen LogP contribution in [0.1, 0.15) is 35.2 Å². The molecule has 2 heterocycles. The summed E-state index contributed by atoms with van der Waals surface area (Å²) in [5.74, 6) is 0.0173. The molecule has 0 unspecified atom stereocenters. The van der Waals surface area contributed by atoms with Gasteiger partial charge in [0.15, 0.2) is 0 Å². The molecule has 0 saturated carbocycles. The lowest BCUT2D eigenvalue weighted by Gasteiger charge is -2.32. The van der Waals surface area contributed by atoms with Crippen LogP contribution in [0.2, 0.25) is 5.02 Å². The Kier molecular flexibility index (Phi) is 6.70. The maximum atomic E-state index is 13.3.